The second-order valence-corrected chi connectivity index (χ2v) is 5.68. The third-order valence-corrected chi connectivity index (χ3v) is 4.25. The molecule has 7 heteroatoms. The first kappa shape index (κ1) is 12.8. The summed E-state index contributed by atoms with van der Waals surface area (Å²) in [4.78, 5) is 30.0. The van der Waals surface area contributed by atoms with Gasteiger partial charge in [0.2, 0.25) is 0 Å². The molecule has 0 aliphatic rings. The lowest BCUT2D eigenvalue weighted by Crippen LogP contribution is -2.07. The third kappa shape index (κ3) is 3.21. The van der Waals surface area contributed by atoms with E-state index in [1.54, 1.807) is 19.1 Å². The lowest BCUT2D eigenvalue weighted by molar-refractivity contribution is 0.0702. The van der Waals surface area contributed by atoms with E-state index in [4.69, 9.17) is 5.11 Å². The van der Waals surface area contributed by atoms with Gasteiger partial charge in [-0.1, -0.05) is 11.8 Å². The molecule has 94 valence electrons. The Morgan fingerprint density at radius 2 is 2.33 bits per heavy atom. The van der Waals surface area contributed by atoms with Gasteiger partial charge in [-0.3, -0.25) is 4.79 Å². The van der Waals surface area contributed by atoms with Crippen molar-refractivity contribution in [2.75, 3.05) is 0 Å². The van der Waals surface area contributed by atoms with Crippen LogP contribution in [0.4, 0.5) is 0 Å². The summed E-state index contributed by atoms with van der Waals surface area (Å²) in [5, 5.41) is 9.35. The summed E-state index contributed by atoms with van der Waals surface area (Å²) in [6, 6.07) is 4.78. The summed E-state index contributed by atoms with van der Waals surface area (Å²) >= 11 is 2.61. The van der Waals surface area contributed by atoms with Gasteiger partial charge < -0.3 is 10.1 Å². The Labute approximate surface area is 111 Å². The molecule has 2 aromatic rings. The monoisotopic (exact) mass is 282 g/mol. The van der Waals surface area contributed by atoms with Crippen LogP contribution >= 0.6 is 23.1 Å². The average Bonchev–Trinajstić information content (AvgIpc) is 2.73. The molecule has 0 aliphatic heterocycles. The standard InChI is InChI=1S/C11H10N2O3S2/c1-6-4-9(14)13-11(12-6)17-5-7-2-3-8(18-7)10(15)16/h2-4H,5H2,1H3,(H,15,16)(H,12,13,14). The quantitative estimate of drug-likeness (QED) is 0.663. The van der Waals surface area contributed by atoms with Crippen LogP contribution in [-0.2, 0) is 5.75 Å². The SMILES string of the molecule is Cc1cc(=O)[nH]c(SCc2ccc(C(=O)O)s2)n1. The number of nitrogens with one attached hydrogen (secondary N) is 1. The maximum atomic E-state index is 11.2. The maximum Gasteiger partial charge on any atom is 0.345 e. The fraction of sp³-hybridized carbons (Fsp3) is 0.182. The molecular formula is C11H10N2O3S2. The minimum Gasteiger partial charge on any atom is -0.477 e. The van der Waals surface area contributed by atoms with Gasteiger partial charge in [-0.25, -0.2) is 9.78 Å². The lowest BCUT2D eigenvalue weighted by Gasteiger charge is -1.99. The number of hydrogen-bond acceptors (Lipinski definition) is 5. The van der Waals surface area contributed by atoms with Gasteiger partial charge in [0.05, 0.1) is 0 Å². The van der Waals surface area contributed by atoms with Crippen LogP contribution < -0.4 is 5.56 Å². The highest BCUT2D eigenvalue weighted by molar-refractivity contribution is 7.98. The highest BCUT2D eigenvalue weighted by Crippen LogP contribution is 2.24. The highest BCUT2D eigenvalue weighted by Gasteiger charge is 2.07. The van der Waals surface area contributed by atoms with E-state index in [0.717, 1.165) is 4.88 Å². The predicted octanol–water partition coefficient (Wildman–Crippen LogP) is 2.13. The van der Waals surface area contributed by atoms with E-state index >= 15 is 0 Å². The minimum atomic E-state index is -0.918. The zero-order valence-corrected chi connectivity index (χ0v) is 11.1. The van der Waals surface area contributed by atoms with E-state index in [-0.39, 0.29) is 5.56 Å². The number of thioether (sulfide) groups is 1. The smallest absolute Gasteiger partial charge is 0.345 e. The molecule has 0 unspecified atom stereocenters. The largest absolute Gasteiger partial charge is 0.477 e. The lowest BCUT2D eigenvalue weighted by atomic mass is 10.4. The van der Waals surface area contributed by atoms with Gasteiger partial charge in [-0.05, 0) is 19.1 Å². The van der Waals surface area contributed by atoms with Gasteiger partial charge in [0.15, 0.2) is 5.16 Å². The zero-order chi connectivity index (χ0) is 13.1. The maximum absolute atomic E-state index is 11.2. The van der Waals surface area contributed by atoms with Crippen molar-refractivity contribution in [3.8, 4) is 0 Å². The molecule has 0 amide bonds. The Hall–Kier alpha value is -1.60. The number of thiophene rings is 1. The molecule has 2 rings (SSSR count). The van der Waals surface area contributed by atoms with E-state index in [0.29, 0.717) is 21.5 Å². The summed E-state index contributed by atoms with van der Waals surface area (Å²) in [6.45, 7) is 1.76. The van der Waals surface area contributed by atoms with Crippen molar-refractivity contribution >= 4 is 29.1 Å². The first-order chi connectivity index (χ1) is 8.54. The number of rotatable bonds is 4. The number of carbonyl (C=O) groups is 1. The van der Waals surface area contributed by atoms with Crippen molar-refractivity contribution < 1.29 is 9.90 Å². The Balaban J connectivity index is 2.06. The van der Waals surface area contributed by atoms with E-state index in [2.05, 4.69) is 9.97 Å². The van der Waals surface area contributed by atoms with Gasteiger partial charge in [-0.15, -0.1) is 11.3 Å². The Kier molecular flexibility index (Phi) is 3.83. The van der Waals surface area contributed by atoms with Gasteiger partial charge in [0.25, 0.3) is 5.56 Å². The molecule has 5 nitrogen and oxygen atoms in total. The summed E-state index contributed by atoms with van der Waals surface area (Å²) in [6.07, 6.45) is 0. The first-order valence-electron chi connectivity index (χ1n) is 5.07. The van der Waals surface area contributed by atoms with Gasteiger partial charge in [0, 0.05) is 22.4 Å². The molecule has 2 heterocycles. The van der Waals surface area contributed by atoms with Crippen molar-refractivity contribution in [2.45, 2.75) is 17.8 Å². The highest BCUT2D eigenvalue weighted by atomic mass is 32.2. The zero-order valence-electron chi connectivity index (χ0n) is 9.47. The number of carboxylic acid groups (broad SMARTS) is 1. The number of aromatic carboxylic acids is 1. The van der Waals surface area contributed by atoms with Crippen LogP contribution in [0.2, 0.25) is 0 Å². The molecule has 0 radical (unpaired) electrons. The van der Waals surface area contributed by atoms with Crippen LogP contribution in [0.3, 0.4) is 0 Å². The number of aryl methyl sites for hydroxylation is 1. The number of aromatic amines is 1. The predicted molar refractivity (Wildman–Crippen MR) is 70.4 cm³/mol. The molecule has 0 aromatic carbocycles. The molecule has 0 spiro atoms. The van der Waals surface area contributed by atoms with Gasteiger partial charge in [0.1, 0.15) is 4.88 Å². The van der Waals surface area contributed by atoms with Crippen LogP contribution in [0, 0.1) is 6.92 Å². The van der Waals surface area contributed by atoms with Crippen LogP contribution in [0.1, 0.15) is 20.2 Å². The van der Waals surface area contributed by atoms with E-state index in [1.165, 1.54) is 29.2 Å². The van der Waals surface area contributed by atoms with Gasteiger partial charge in [-0.2, -0.15) is 0 Å². The number of carboxylic acids is 1. The molecule has 2 aromatic heterocycles. The Bertz CT molecular complexity index is 633. The fourth-order valence-corrected chi connectivity index (χ4v) is 3.14. The van der Waals surface area contributed by atoms with Crippen LogP contribution in [0.5, 0.6) is 0 Å². The first-order valence-corrected chi connectivity index (χ1v) is 6.87. The minimum absolute atomic E-state index is 0.178. The average molecular weight is 282 g/mol. The number of aromatic nitrogens is 2. The third-order valence-electron chi connectivity index (χ3n) is 2.07. The van der Waals surface area contributed by atoms with Crippen LogP contribution in [0.25, 0.3) is 0 Å². The number of H-pyrrole nitrogens is 1. The van der Waals surface area contributed by atoms with Crippen molar-refractivity contribution in [2.24, 2.45) is 0 Å². The number of nitrogens with zero attached hydrogens (tertiary/aromatic N) is 1. The molecule has 0 atom stereocenters. The topological polar surface area (TPSA) is 83.0 Å². The fourth-order valence-electron chi connectivity index (χ4n) is 1.33. The second-order valence-electron chi connectivity index (χ2n) is 3.55. The summed E-state index contributed by atoms with van der Waals surface area (Å²) < 4.78 is 0. The normalized spacial score (nSPS) is 10.5. The molecule has 0 fully saturated rings. The Morgan fingerprint density at radius 1 is 1.56 bits per heavy atom. The Morgan fingerprint density at radius 3 is 2.94 bits per heavy atom. The molecule has 0 bridgehead atoms. The van der Waals surface area contributed by atoms with Crippen molar-refractivity contribution in [1.29, 1.82) is 0 Å². The van der Waals surface area contributed by atoms with E-state index < -0.39 is 5.97 Å². The van der Waals surface area contributed by atoms with Crippen molar-refractivity contribution in [1.82, 2.24) is 9.97 Å². The molecular weight excluding hydrogens is 272 g/mol. The molecule has 0 aliphatic carbocycles. The summed E-state index contributed by atoms with van der Waals surface area (Å²) in [7, 11) is 0. The molecule has 18 heavy (non-hydrogen) atoms. The van der Waals surface area contributed by atoms with Gasteiger partial charge >= 0.3 is 5.97 Å². The second kappa shape index (κ2) is 5.36. The molecule has 2 N–H and O–H groups in total. The number of hydrogen-bond donors (Lipinski definition) is 2. The molecule has 0 saturated carbocycles. The van der Waals surface area contributed by atoms with Crippen LogP contribution in [0.15, 0.2) is 28.2 Å². The molecule has 0 saturated heterocycles. The summed E-state index contributed by atoms with van der Waals surface area (Å²) in [5.74, 6) is -0.331. The van der Waals surface area contributed by atoms with Crippen molar-refractivity contribution in [3.63, 3.8) is 0 Å². The van der Waals surface area contributed by atoms with E-state index in [9.17, 15) is 9.59 Å². The van der Waals surface area contributed by atoms with E-state index in [1.807, 2.05) is 0 Å². The van der Waals surface area contributed by atoms with Crippen molar-refractivity contribution in [3.05, 3.63) is 44.0 Å². The summed E-state index contributed by atoms with van der Waals surface area (Å²) in [5.41, 5.74) is 0.487. The van der Waals surface area contributed by atoms with Crippen LogP contribution in [-0.4, -0.2) is 21.0 Å².